The summed E-state index contributed by atoms with van der Waals surface area (Å²) in [6.45, 7) is 3.94. The first-order valence-electron chi connectivity index (χ1n) is 12.1. The number of anilines is 1. The molecule has 1 amide bonds. The molecule has 6 rings (SSSR count). The lowest BCUT2D eigenvalue weighted by molar-refractivity contribution is -0.125. The molecule has 1 saturated carbocycles. The standard InChI is InChI=1S/C27H26N4O4/c1-16-7-9-18(10-8-16)26(32)31-17(2)34-27(33)21-15-30(29-25(21)31)20-11-12-22(28-14-20)24-13-19-5-3-4-6-23(19)35-24/h3-6,11-18H,7-10H2,1-2H3. The summed E-state index contributed by atoms with van der Waals surface area (Å²) in [7, 11) is 0. The fourth-order valence-electron chi connectivity index (χ4n) is 5.03. The molecule has 4 heterocycles. The highest BCUT2D eigenvalue weighted by atomic mass is 16.6. The average Bonchev–Trinajstić information content (AvgIpc) is 3.50. The molecule has 3 aromatic heterocycles. The normalized spacial score (nSPS) is 22.2. The minimum absolute atomic E-state index is 0.0261. The second-order valence-electron chi connectivity index (χ2n) is 9.53. The number of carbonyl (C=O) groups excluding carboxylic acids is 2. The van der Waals surface area contributed by atoms with Gasteiger partial charge in [-0.05, 0) is 62.8 Å². The Hall–Kier alpha value is -3.94. The Balaban J connectivity index is 1.30. The summed E-state index contributed by atoms with van der Waals surface area (Å²) in [5.74, 6) is 1.08. The van der Waals surface area contributed by atoms with Crippen LogP contribution in [0.2, 0.25) is 0 Å². The predicted octanol–water partition coefficient (Wildman–Crippen LogP) is 5.36. The minimum Gasteiger partial charge on any atom is -0.454 e. The van der Waals surface area contributed by atoms with Crippen LogP contribution in [0.15, 0.2) is 59.3 Å². The van der Waals surface area contributed by atoms with Crippen molar-refractivity contribution in [3.8, 4) is 17.1 Å². The van der Waals surface area contributed by atoms with Crippen LogP contribution in [0, 0.1) is 11.8 Å². The third-order valence-electron chi connectivity index (χ3n) is 7.08. The van der Waals surface area contributed by atoms with Gasteiger partial charge in [0.25, 0.3) is 0 Å². The van der Waals surface area contributed by atoms with E-state index in [0.717, 1.165) is 36.7 Å². The maximum atomic E-state index is 13.4. The quantitative estimate of drug-likeness (QED) is 0.375. The van der Waals surface area contributed by atoms with Gasteiger partial charge in [-0.2, -0.15) is 0 Å². The zero-order valence-corrected chi connectivity index (χ0v) is 19.7. The molecule has 0 N–H and O–H groups in total. The molecule has 1 aliphatic carbocycles. The van der Waals surface area contributed by atoms with E-state index >= 15 is 0 Å². The second kappa shape index (κ2) is 8.37. The molecular formula is C27H26N4O4. The predicted molar refractivity (Wildman–Crippen MR) is 130 cm³/mol. The molecule has 0 spiro atoms. The summed E-state index contributed by atoms with van der Waals surface area (Å²) < 4.78 is 13.0. The summed E-state index contributed by atoms with van der Waals surface area (Å²) >= 11 is 0. The summed E-state index contributed by atoms with van der Waals surface area (Å²) in [4.78, 5) is 32.1. The Morgan fingerprint density at radius 2 is 1.86 bits per heavy atom. The van der Waals surface area contributed by atoms with Gasteiger partial charge in [-0.3, -0.25) is 14.7 Å². The molecule has 35 heavy (non-hydrogen) atoms. The van der Waals surface area contributed by atoms with Crippen LogP contribution in [0.25, 0.3) is 28.1 Å². The molecule has 0 radical (unpaired) electrons. The highest BCUT2D eigenvalue weighted by Crippen LogP contribution is 2.35. The first-order chi connectivity index (χ1) is 17.0. The maximum absolute atomic E-state index is 13.4. The number of aromatic nitrogens is 3. The van der Waals surface area contributed by atoms with E-state index in [0.29, 0.717) is 28.9 Å². The Bertz CT molecular complexity index is 1380. The fourth-order valence-corrected chi connectivity index (χ4v) is 5.03. The number of cyclic esters (lactones) is 1. The van der Waals surface area contributed by atoms with Crippen LogP contribution in [0.1, 0.15) is 49.9 Å². The van der Waals surface area contributed by atoms with Crippen LogP contribution < -0.4 is 4.90 Å². The van der Waals surface area contributed by atoms with Crippen molar-refractivity contribution in [2.24, 2.45) is 11.8 Å². The highest BCUT2D eigenvalue weighted by Gasteiger charge is 2.40. The van der Waals surface area contributed by atoms with E-state index in [4.69, 9.17) is 9.15 Å². The van der Waals surface area contributed by atoms with Crippen molar-refractivity contribution >= 4 is 28.7 Å². The van der Waals surface area contributed by atoms with Crippen LogP contribution in [0.3, 0.4) is 0 Å². The summed E-state index contributed by atoms with van der Waals surface area (Å²) in [5, 5.41) is 5.64. The zero-order chi connectivity index (χ0) is 24.1. The summed E-state index contributed by atoms with van der Waals surface area (Å²) in [6, 6.07) is 13.5. The number of nitrogens with zero attached hydrogens (tertiary/aromatic N) is 4. The first kappa shape index (κ1) is 21.6. The van der Waals surface area contributed by atoms with E-state index in [1.165, 1.54) is 0 Å². The average molecular weight is 471 g/mol. The molecular weight excluding hydrogens is 444 g/mol. The molecule has 1 aliphatic heterocycles. The van der Waals surface area contributed by atoms with E-state index in [-0.39, 0.29) is 17.4 Å². The number of ether oxygens (including phenoxy) is 1. The number of hydrogen-bond donors (Lipinski definition) is 0. The van der Waals surface area contributed by atoms with Crippen molar-refractivity contribution in [3.05, 3.63) is 60.4 Å². The molecule has 0 saturated heterocycles. The lowest BCUT2D eigenvalue weighted by atomic mass is 9.82. The summed E-state index contributed by atoms with van der Waals surface area (Å²) in [5.41, 5.74) is 2.44. The third kappa shape index (κ3) is 3.79. The van der Waals surface area contributed by atoms with Gasteiger partial charge in [0.2, 0.25) is 5.91 Å². The molecule has 0 bridgehead atoms. The Morgan fingerprint density at radius 3 is 2.60 bits per heavy atom. The van der Waals surface area contributed by atoms with Crippen LogP contribution in [0.4, 0.5) is 5.82 Å². The number of carbonyl (C=O) groups is 2. The number of benzene rings is 1. The lowest BCUT2D eigenvalue weighted by Crippen LogP contribution is -2.48. The number of esters is 1. The van der Waals surface area contributed by atoms with Gasteiger partial charge < -0.3 is 9.15 Å². The monoisotopic (exact) mass is 470 g/mol. The van der Waals surface area contributed by atoms with Crippen LogP contribution in [-0.2, 0) is 9.53 Å². The molecule has 4 aromatic rings. The molecule has 8 nitrogen and oxygen atoms in total. The Morgan fingerprint density at radius 1 is 1.06 bits per heavy atom. The van der Waals surface area contributed by atoms with Crippen LogP contribution >= 0.6 is 0 Å². The topological polar surface area (TPSA) is 90.5 Å². The Labute approximate surface area is 202 Å². The number of fused-ring (bicyclic) bond motifs is 2. The van der Waals surface area contributed by atoms with Crippen molar-refractivity contribution < 1.29 is 18.7 Å². The smallest absolute Gasteiger partial charge is 0.345 e. The van der Waals surface area contributed by atoms with Crippen molar-refractivity contribution in [2.75, 3.05) is 4.90 Å². The molecule has 1 unspecified atom stereocenters. The van der Waals surface area contributed by atoms with Crippen LogP contribution in [-0.4, -0.2) is 32.9 Å². The maximum Gasteiger partial charge on any atom is 0.345 e. The van der Waals surface area contributed by atoms with E-state index in [9.17, 15) is 9.59 Å². The SMILES string of the molecule is CC1CCC(C(=O)N2c3nn(-c4ccc(-c5cc6ccccc6o5)nc4)cc3C(=O)OC2C)CC1. The number of rotatable bonds is 3. The van der Waals surface area contributed by atoms with Crippen molar-refractivity contribution in [1.29, 1.82) is 0 Å². The number of hydrogen-bond acceptors (Lipinski definition) is 6. The number of para-hydroxylation sites is 1. The van der Waals surface area contributed by atoms with E-state index in [1.54, 1.807) is 28.9 Å². The molecule has 1 atom stereocenters. The van der Waals surface area contributed by atoms with Gasteiger partial charge >= 0.3 is 5.97 Å². The third-order valence-corrected chi connectivity index (χ3v) is 7.08. The second-order valence-corrected chi connectivity index (χ2v) is 9.53. The van der Waals surface area contributed by atoms with Crippen molar-refractivity contribution in [2.45, 2.75) is 45.8 Å². The van der Waals surface area contributed by atoms with E-state index < -0.39 is 12.2 Å². The molecule has 1 aromatic carbocycles. The van der Waals surface area contributed by atoms with Gasteiger partial charge in [-0.25, -0.2) is 9.48 Å². The molecule has 178 valence electrons. The minimum atomic E-state index is -0.696. The molecule has 1 fully saturated rings. The van der Waals surface area contributed by atoms with E-state index in [1.807, 2.05) is 42.5 Å². The number of pyridine rings is 1. The van der Waals surface area contributed by atoms with Gasteiger partial charge in [0.1, 0.15) is 16.8 Å². The van der Waals surface area contributed by atoms with Gasteiger partial charge in [-0.15, -0.1) is 5.10 Å². The fraction of sp³-hybridized carbons (Fsp3) is 0.333. The van der Waals surface area contributed by atoms with Crippen LogP contribution in [0.5, 0.6) is 0 Å². The van der Waals surface area contributed by atoms with Crippen molar-refractivity contribution in [1.82, 2.24) is 14.8 Å². The van der Waals surface area contributed by atoms with Gasteiger partial charge in [0.15, 0.2) is 17.8 Å². The summed E-state index contributed by atoms with van der Waals surface area (Å²) in [6.07, 6.45) is 6.33. The Kier molecular flexibility index (Phi) is 5.16. The molecule has 8 heteroatoms. The van der Waals surface area contributed by atoms with Gasteiger partial charge in [0, 0.05) is 17.5 Å². The number of furan rings is 1. The largest absolute Gasteiger partial charge is 0.454 e. The molecule has 2 aliphatic rings. The van der Waals surface area contributed by atoms with Crippen molar-refractivity contribution in [3.63, 3.8) is 0 Å². The zero-order valence-electron chi connectivity index (χ0n) is 19.7. The van der Waals surface area contributed by atoms with Gasteiger partial charge in [-0.1, -0.05) is 25.1 Å². The van der Waals surface area contributed by atoms with E-state index in [2.05, 4.69) is 17.0 Å². The lowest BCUT2D eigenvalue weighted by Gasteiger charge is -2.35. The highest BCUT2D eigenvalue weighted by molar-refractivity contribution is 6.04. The van der Waals surface area contributed by atoms with Gasteiger partial charge in [0.05, 0.1) is 11.9 Å². The number of amides is 1. The first-order valence-corrected chi connectivity index (χ1v) is 12.1.